The zero-order valence-electron chi connectivity index (χ0n) is 12.0. The van der Waals surface area contributed by atoms with Crippen molar-refractivity contribution in [3.63, 3.8) is 0 Å². The highest BCUT2D eigenvalue weighted by Crippen LogP contribution is 2.19. The number of benzene rings is 1. The first-order chi connectivity index (χ1) is 9.97. The number of hydrogen-bond donors (Lipinski definition) is 1. The Hall–Kier alpha value is -1.60. The SMILES string of the molecule is CS(=O)(=O)N1CCC[C@@H]1CNC(=O)OCc1ccccc1. The van der Waals surface area contributed by atoms with Crippen molar-refractivity contribution in [2.45, 2.75) is 25.5 Å². The van der Waals surface area contributed by atoms with Crippen LogP contribution in [0.5, 0.6) is 0 Å². The van der Waals surface area contributed by atoms with Crippen LogP contribution in [0.4, 0.5) is 4.79 Å². The number of rotatable bonds is 5. The number of carbonyl (C=O) groups is 1. The van der Waals surface area contributed by atoms with E-state index in [1.807, 2.05) is 30.3 Å². The average molecular weight is 312 g/mol. The molecule has 1 amide bonds. The zero-order chi connectivity index (χ0) is 15.3. The molecule has 1 atom stereocenters. The molecule has 0 bridgehead atoms. The third kappa shape index (κ3) is 4.71. The van der Waals surface area contributed by atoms with E-state index in [4.69, 9.17) is 4.74 Å². The van der Waals surface area contributed by atoms with Crippen molar-refractivity contribution in [3.05, 3.63) is 35.9 Å². The minimum absolute atomic E-state index is 0.177. The largest absolute Gasteiger partial charge is 0.445 e. The van der Waals surface area contributed by atoms with Gasteiger partial charge in [0, 0.05) is 19.1 Å². The van der Waals surface area contributed by atoms with Crippen molar-refractivity contribution in [3.8, 4) is 0 Å². The molecular weight excluding hydrogens is 292 g/mol. The van der Waals surface area contributed by atoms with E-state index >= 15 is 0 Å². The van der Waals surface area contributed by atoms with Gasteiger partial charge in [-0.1, -0.05) is 30.3 Å². The van der Waals surface area contributed by atoms with Gasteiger partial charge in [-0.05, 0) is 18.4 Å². The Labute approximate surface area is 125 Å². The van der Waals surface area contributed by atoms with Gasteiger partial charge < -0.3 is 10.1 Å². The summed E-state index contributed by atoms with van der Waals surface area (Å²) in [6.07, 6.45) is 2.24. The molecule has 7 heteroatoms. The third-order valence-corrected chi connectivity index (χ3v) is 4.78. The Balaban J connectivity index is 1.76. The maximum absolute atomic E-state index is 11.6. The first-order valence-corrected chi connectivity index (χ1v) is 8.73. The van der Waals surface area contributed by atoms with Crippen LogP contribution in [0.2, 0.25) is 0 Å². The topological polar surface area (TPSA) is 75.7 Å². The van der Waals surface area contributed by atoms with E-state index in [0.717, 1.165) is 18.4 Å². The molecule has 0 unspecified atom stereocenters. The summed E-state index contributed by atoms with van der Waals surface area (Å²) in [5.41, 5.74) is 0.909. The maximum atomic E-state index is 11.6. The first kappa shape index (κ1) is 15.8. The fourth-order valence-electron chi connectivity index (χ4n) is 2.43. The van der Waals surface area contributed by atoms with Gasteiger partial charge in [-0.2, -0.15) is 4.31 Å². The summed E-state index contributed by atoms with van der Waals surface area (Å²) in [6.45, 7) is 0.998. The van der Waals surface area contributed by atoms with E-state index in [1.54, 1.807) is 0 Å². The lowest BCUT2D eigenvalue weighted by Gasteiger charge is -2.22. The summed E-state index contributed by atoms with van der Waals surface area (Å²) in [5, 5.41) is 2.63. The normalized spacial score (nSPS) is 19.4. The van der Waals surface area contributed by atoms with Gasteiger partial charge in [0.1, 0.15) is 6.61 Å². The minimum atomic E-state index is -3.21. The molecule has 1 aliphatic rings. The smallest absolute Gasteiger partial charge is 0.407 e. The van der Waals surface area contributed by atoms with Crippen LogP contribution in [-0.2, 0) is 21.4 Å². The van der Waals surface area contributed by atoms with Crippen molar-refractivity contribution in [2.75, 3.05) is 19.3 Å². The highest BCUT2D eigenvalue weighted by atomic mass is 32.2. The highest BCUT2D eigenvalue weighted by molar-refractivity contribution is 7.88. The molecule has 1 heterocycles. The van der Waals surface area contributed by atoms with Gasteiger partial charge in [-0.25, -0.2) is 13.2 Å². The van der Waals surface area contributed by atoms with Crippen LogP contribution >= 0.6 is 0 Å². The van der Waals surface area contributed by atoms with E-state index in [0.29, 0.717) is 6.54 Å². The van der Waals surface area contributed by atoms with E-state index in [1.165, 1.54) is 10.6 Å². The molecule has 6 nitrogen and oxygen atoms in total. The fourth-order valence-corrected chi connectivity index (χ4v) is 3.61. The van der Waals surface area contributed by atoms with Crippen LogP contribution in [0, 0.1) is 0 Å². The van der Waals surface area contributed by atoms with E-state index in [-0.39, 0.29) is 19.2 Å². The van der Waals surface area contributed by atoms with Crippen molar-refractivity contribution in [1.82, 2.24) is 9.62 Å². The minimum Gasteiger partial charge on any atom is -0.445 e. The van der Waals surface area contributed by atoms with Crippen LogP contribution in [0.3, 0.4) is 0 Å². The zero-order valence-corrected chi connectivity index (χ0v) is 12.8. The number of alkyl carbamates (subject to hydrolysis) is 1. The molecule has 1 N–H and O–H groups in total. The lowest BCUT2D eigenvalue weighted by molar-refractivity contribution is 0.137. The number of nitrogens with one attached hydrogen (secondary N) is 1. The Morgan fingerprint density at radius 3 is 2.76 bits per heavy atom. The lowest BCUT2D eigenvalue weighted by Crippen LogP contribution is -2.42. The molecule has 1 saturated heterocycles. The number of ether oxygens (including phenoxy) is 1. The number of amides is 1. The van der Waals surface area contributed by atoms with Crippen molar-refractivity contribution in [2.24, 2.45) is 0 Å². The monoisotopic (exact) mass is 312 g/mol. The molecule has 0 radical (unpaired) electrons. The standard InChI is InChI=1S/C14H20N2O4S/c1-21(18,19)16-9-5-8-13(16)10-15-14(17)20-11-12-6-3-2-4-7-12/h2-4,6-7,13H,5,8-11H2,1H3,(H,15,17)/t13-/m1/s1. The predicted octanol–water partition coefficient (Wildman–Crippen LogP) is 1.34. The number of carbonyl (C=O) groups excluding carboxylic acids is 1. The van der Waals surface area contributed by atoms with Gasteiger partial charge >= 0.3 is 6.09 Å². The Bertz CT molecular complexity index is 574. The van der Waals surface area contributed by atoms with Crippen LogP contribution in [0.25, 0.3) is 0 Å². The van der Waals surface area contributed by atoms with Gasteiger partial charge in [0.15, 0.2) is 0 Å². The molecule has 2 rings (SSSR count). The van der Waals surface area contributed by atoms with Gasteiger partial charge in [-0.3, -0.25) is 0 Å². The van der Waals surface area contributed by atoms with E-state index < -0.39 is 16.1 Å². The van der Waals surface area contributed by atoms with Crippen LogP contribution in [0.1, 0.15) is 18.4 Å². The highest BCUT2D eigenvalue weighted by Gasteiger charge is 2.31. The quantitative estimate of drug-likeness (QED) is 0.890. The molecule has 21 heavy (non-hydrogen) atoms. The van der Waals surface area contributed by atoms with Crippen molar-refractivity contribution < 1.29 is 17.9 Å². The number of hydrogen-bond acceptors (Lipinski definition) is 4. The number of sulfonamides is 1. The van der Waals surface area contributed by atoms with Gasteiger partial charge in [0.05, 0.1) is 6.26 Å². The second kappa shape index (κ2) is 6.91. The second-order valence-corrected chi connectivity index (χ2v) is 7.05. The van der Waals surface area contributed by atoms with Gasteiger partial charge in [-0.15, -0.1) is 0 Å². The summed E-state index contributed by atoms with van der Waals surface area (Å²) >= 11 is 0. The summed E-state index contributed by atoms with van der Waals surface area (Å²) in [5.74, 6) is 0. The molecular formula is C14H20N2O4S. The number of nitrogens with zero attached hydrogens (tertiary/aromatic N) is 1. The fraction of sp³-hybridized carbons (Fsp3) is 0.500. The molecule has 0 aromatic heterocycles. The summed E-state index contributed by atoms with van der Waals surface area (Å²) < 4.78 is 29.7. The maximum Gasteiger partial charge on any atom is 0.407 e. The molecule has 1 aromatic rings. The Morgan fingerprint density at radius 1 is 1.38 bits per heavy atom. The Kier molecular flexibility index (Phi) is 5.19. The van der Waals surface area contributed by atoms with E-state index in [9.17, 15) is 13.2 Å². The van der Waals surface area contributed by atoms with E-state index in [2.05, 4.69) is 5.32 Å². The molecule has 0 saturated carbocycles. The second-order valence-electron chi connectivity index (χ2n) is 5.11. The summed E-state index contributed by atoms with van der Waals surface area (Å²) in [6, 6.07) is 9.21. The molecule has 1 aliphatic heterocycles. The van der Waals surface area contributed by atoms with Crippen LogP contribution in [-0.4, -0.2) is 44.2 Å². The lowest BCUT2D eigenvalue weighted by atomic mass is 10.2. The van der Waals surface area contributed by atoms with Crippen LogP contribution in [0.15, 0.2) is 30.3 Å². The van der Waals surface area contributed by atoms with Gasteiger partial charge in [0.25, 0.3) is 0 Å². The average Bonchev–Trinajstić information content (AvgIpc) is 2.92. The molecule has 0 aliphatic carbocycles. The molecule has 0 spiro atoms. The summed E-state index contributed by atoms with van der Waals surface area (Å²) in [4.78, 5) is 11.6. The van der Waals surface area contributed by atoms with Crippen molar-refractivity contribution >= 4 is 16.1 Å². The van der Waals surface area contributed by atoms with Crippen LogP contribution < -0.4 is 5.32 Å². The Morgan fingerprint density at radius 2 is 2.10 bits per heavy atom. The predicted molar refractivity (Wildman–Crippen MR) is 79.2 cm³/mol. The first-order valence-electron chi connectivity index (χ1n) is 6.88. The van der Waals surface area contributed by atoms with Gasteiger partial charge in [0.2, 0.25) is 10.0 Å². The molecule has 1 fully saturated rings. The summed E-state index contributed by atoms with van der Waals surface area (Å²) in [7, 11) is -3.21. The third-order valence-electron chi connectivity index (χ3n) is 3.44. The van der Waals surface area contributed by atoms with Crippen molar-refractivity contribution in [1.29, 1.82) is 0 Å². The molecule has 116 valence electrons. The molecule has 1 aromatic carbocycles.